The Bertz CT molecular complexity index is 785. The Morgan fingerprint density at radius 1 is 1.10 bits per heavy atom. The number of benzene rings is 1. The van der Waals surface area contributed by atoms with E-state index in [4.69, 9.17) is 9.15 Å². The van der Waals surface area contributed by atoms with E-state index < -0.39 is 0 Å². The fraction of sp³-hybridized carbons (Fsp3) is 0.455. The molecule has 1 aromatic carbocycles. The van der Waals surface area contributed by atoms with Gasteiger partial charge in [-0.3, -0.25) is 14.5 Å². The van der Waals surface area contributed by atoms with Gasteiger partial charge in [0.05, 0.1) is 25.0 Å². The molecule has 0 spiro atoms. The van der Waals surface area contributed by atoms with Gasteiger partial charge in [-0.1, -0.05) is 18.6 Å². The van der Waals surface area contributed by atoms with Gasteiger partial charge in [0.15, 0.2) is 0 Å². The first kappa shape index (κ1) is 20.9. The minimum Gasteiger partial charge on any atom is -0.496 e. The maximum Gasteiger partial charge on any atom is 0.255 e. The van der Waals surface area contributed by atoms with Gasteiger partial charge in [0.25, 0.3) is 5.91 Å². The molecule has 2 aromatic rings. The predicted molar refractivity (Wildman–Crippen MR) is 110 cm³/mol. The number of hydrogen-bond donors (Lipinski definition) is 2. The predicted octanol–water partition coefficient (Wildman–Crippen LogP) is 2.75. The van der Waals surface area contributed by atoms with E-state index in [0.29, 0.717) is 17.9 Å². The Hall–Kier alpha value is -2.80. The van der Waals surface area contributed by atoms with Crippen molar-refractivity contribution < 1.29 is 18.7 Å². The van der Waals surface area contributed by atoms with Crippen molar-refractivity contribution in [3.05, 3.63) is 54.0 Å². The van der Waals surface area contributed by atoms with Crippen LogP contribution in [0.1, 0.15) is 47.8 Å². The average molecular weight is 399 g/mol. The van der Waals surface area contributed by atoms with E-state index in [-0.39, 0.29) is 30.8 Å². The Balaban J connectivity index is 1.46. The lowest BCUT2D eigenvalue weighted by Crippen LogP contribution is -2.41. The van der Waals surface area contributed by atoms with Gasteiger partial charge in [-0.15, -0.1) is 0 Å². The van der Waals surface area contributed by atoms with Crippen molar-refractivity contribution in [3.8, 4) is 5.75 Å². The van der Waals surface area contributed by atoms with Crippen molar-refractivity contribution in [2.24, 2.45) is 0 Å². The van der Waals surface area contributed by atoms with Crippen LogP contribution in [0.3, 0.4) is 0 Å². The summed E-state index contributed by atoms with van der Waals surface area (Å²) >= 11 is 0. The van der Waals surface area contributed by atoms with Gasteiger partial charge in [0.1, 0.15) is 11.5 Å². The van der Waals surface area contributed by atoms with E-state index in [2.05, 4.69) is 15.5 Å². The number of carbonyl (C=O) groups excluding carboxylic acids is 2. The zero-order valence-electron chi connectivity index (χ0n) is 16.9. The number of amides is 2. The first-order chi connectivity index (χ1) is 14.2. The molecular formula is C22H29N3O4. The summed E-state index contributed by atoms with van der Waals surface area (Å²) in [5.41, 5.74) is 0.457. The number of piperidine rings is 1. The van der Waals surface area contributed by atoms with Gasteiger partial charge in [-0.25, -0.2) is 0 Å². The highest BCUT2D eigenvalue weighted by Gasteiger charge is 2.24. The highest BCUT2D eigenvalue weighted by molar-refractivity contribution is 5.97. The van der Waals surface area contributed by atoms with Crippen LogP contribution < -0.4 is 15.4 Å². The maximum atomic E-state index is 12.3. The fourth-order valence-corrected chi connectivity index (χ4v) is 3.64. The third-order valence-corrected chi connectivity index (χ3v) is 5.18. The van der Waals surface area contributed by atoms with Crippen molar-refractivity contribution in [2.45, 2.75) is 31.7 Å². The van der Waals surface area contributed by atoms with Gasteiger partial charge >= 0.3 is 0 Å². The van der Waals surface area contributed by atoms with Crippen LogP contribution in [-0.4, -0.2) is 50.0 Å². The summed E-state index contributed by atoms with van der Waals surface area (Å²) < 4.78 is 10.8. The number of ether oxygens (including phenoxy) is 1. The second-order valence-electron chi connectivity index (χ2n) is 7.14. The normalized spacial score (nSPS) is 15.5. The zero-order chi connectivity index (χ0) is 20.5. The largest absolute Gasteiger partial charge is 0.496 e. The summed E-state index contributed by atoms with van der Waals surface area (Å²) in [6.07, 6.45) is 5.47. The number of rotatable bonds is 9. The number of nitrogens with zero attached hydrogens (tertiary/aromatic N) is 1. The summed E-state index contributed by atoms with van der Waals surface area (Å²) in [6, 6.07) is 10.9. The summed E-state index contributed by atoms with van der Waals surface area (Å²) in [5, 5.41) is 5.76. The first-order valence-electron chi connectivity index (χ1n) is 10.1. The van der Waals surface area contributed by atoms with Gasteiger partial charge in [0, 0.05) is 19.5 Å². The van der Waals surface area contributed by atoms with Crippen LogP contribution in [0.4, 0.5) is 0 Å². The van der Waals surface area contributed by atoms with Gasteiger partial charge in [-0.2, -0.15) is 0 Å². The fourth-order valence-electron chi connectivity index (χ4n) is 3.64. The lowest BCUT2D eigenvalue weighted by molar-refractivity contribution is -0.121. The van der Waals surface area contributed by atoms with Crippen LogP contribution in [0.5, 0.6) is 5.75 Å². The maximum absolute atomic E-state index is 12.3. The van der Waals surface area contributed by atoms with Crippen LogP contribution in [0.2, 0.25) is 0 Å². The average Bonchev–Trinajstić information content (AvgIpc) is 3.29. The lowest BCUT2D eigenvalue weighted by atomic mass is 10.1. The summed E-state index contributed by atoms with van der Waals surface area (Å²) in [4.78, 5) is 27.0. The number of nitrogens with one attached hydrogen (secondary N) is 2. The molecule has 1 saturated heterocycles. The summed E-state index contributed by atoms with van der Waals surface area (Å²) in [7, 11) is 1.53. The van der Waals surface area contributed by atoms with Gasteiger partial charge in [-0.05, 0) is 50.2 Å². The van der Waals surface area contributed by atoms with Crippen LogP contribution >= 0.6 is 0 Å². The Morgan fingerprint density at radius 3 is 2.62 bits per heavy atom. The third-order valence-electron chi connectivity index (χ3n) is 5.18. The lowest BCUT2D eigenvalue weighted by Gasteiger charge is -2.33. The van der Waals surface area contributed by atoms with E-state index in [1.807, 2.05) is 12.1 Å². The SMILES string of the molecule is COc1ccccc1C(=O)NCCC(=O)NC[C@H](c1ccco1)N1CCCCC1. The molecular weight excluding hydrogens is 370 g/mol. The van der Waals surface area contributed by atoms with Crippen molar-refractivity contribution >= 4 is 11.8 Å². The highest BCUT2D eigenvalue weighted by Crippen LogP contribution is 2.24. The molecule has 29 heavy (non-hydrogen) atoms. The topological polar surface area (TPSA) is 83.8 Å². The molecule has 156 valence electrons. The van der Waals surface area contributed by atoms with E-state index in [1.165, 1.54) is 26.4 Å². The van der Waals surface area contributed by atoms with E-state index in [1.54, 1.807) is 30.5 Å². The molecule has 0 aliphatic carbocycles. The van der Waals surface area contributed by atoms with E-state index in [0.717, 1.165) is 18.8 Å². The summed E-state index contributed by atoms with van der Waals surface area (Å²) in [5.74, 6) is 1.03. The van der Waals surface area contributed by atoms with Gasteiger partial charge < -0.3 is 19.8 Å². The molecule has 1 aliphatic rings. The number of para-hydroxylation sites is 1. The molecule has 0 radical (unpaired) electrons. The highest BCUT2D eigenvalue weighted by atomic mass is 16.5. The minimum atomic E-state index is -0.253. The van der Waals surface area contributed by atoms with Crippen LogP contribution in [0, 0.1) is 0 Å². The number of carbonyl (C=O) groups is 2. The van der Waals surface area contributed by atoms with Crippen molar-refractivity contribution in [3.63, 3.8) is 0 Å². The molecule has 1 aliphatic heterocycles. The Labute approximate surface area is 171 Å². The van der Waals surface area contributed by atoms with Crippen molar-refractivity contribution in [2.75, 3.05) is 33.3 Å². The number of methoxy groups -OCH3 is 1. The molecule has 2 heterocycles. The smallest absolute Gasteiger partial charge is 0.255 e. The molecule has 7 heteroatoms. The molecule has 1 aromatic heterocycles. The molecule has 7 nitrogen and oxygen atoms in total. The molecule has 2 amide bonds. The number of hydrogen-bond acceptors (Lipinski definition) is 5. The van der Waals surface area contributed by atoms with Crippen LogP contribution in [0.25, 0.3) is 0 Å². The molecule has 0 unspecified atom stereocenters. The minimum absolute atomic E-state index is 0.0393. The van der Waals surface area contributed by atoms with Crippen molar-refractivity contribution in [1.82, 2.24) is 15.5 Å². The van der Waals surface area contributed by atoms with E-state index in [9.17, 15) is 9.59 Å². The second kappa shape index (κ2) is 10.7. The Morgan fingerprint density at radius 2 is 1.90 bits per heavy atom. The standard InChI is InChI=1S/C22H29N3O4/c1-28-19-9-4-3-8-17(19)22(27)23-12-11-21(26)24-16-18(20-10-7-15-29-20)25-13-5-2-6-14-25/h3-4,7-10,15,18H,2,5-6,11-14,16H2,1H3,(H,23,27)(H,24,26)/t18-/m1/s1. The molecule has 2 N–H and O–H groups in total. The Kier molecular flexibility index (Phi) is 7.69. The summed E-state index contributed by atoms with van der Waals surface area (Å²) in [6.45, 7) is 2.77. The molecule has 3 rings (SSSR count). The molecule has 0 bridgehead atoms. The molecule has 1 atom stereocenters. The van der Waals surface area contributed by atoms with Crippen LogP contribution in [0.15, 0.2) is 47.1 Å². The molecule has 1 fully saturated rings. The van der Waals surface area contributed by atoms with E-state index >= 15 is 0 Å². The van der Waals surface area contributed by atoms with Crippen molar-refractivity contribution in [1.29, 1.82) is 0 Å². The zero-order valence-corrected chi connectivity index (χ0v) is 16.9. The van der Waals surface area contributed by atoms with Gasteiger partial charge in [0.2, 0.25) is 5.91 Å². The van der Waals surface area contributed by atoms with Crippen LogP contribution in [-0.2, 0) is 4.79 Å². The quantitative estimate of drug-likeness (QED) is 0.677. The monoisotopic (exact) mass is 399 g/mol. The number of likely N-dealkylation sites (tertiary alicyclic amines) is 1. The second-order valence-corrected chi connectivity index (χ2v) is 7.14. The number of furan rings is 1. The molecule has 0 saturated carbocycles. The third kappa shape index (κ3) is 5.84. The first-order valence-corrected chi connectivity index (χ1v) is 10.1.